The van der Waals surface area contributed by atoms with Crippen LogP contribution in [0.5, 0.6) is 0 Å². The molecule has 0 saturated heterocycles. The lowest BCUT2D eigenvalue weighted by molar-refractivity contribution is -0.115. The summed E-state index contributed by atoms with van der Waals surface area (Å²) in [5.74, 6) is 0.276. The molecule has 0 atom stereocenters. The molecule has 29 heavy (non-hydrogen) atoms. The number of aromatic nitrogens is 2. The summed E-state index contributed by atoms with van der Waals surface area (Å²) in [4.78, 5) is 20.8. The van der Waals surface area contributed by atoms with Crippen molar-refractivity contribution in [3.05, 3.63) is 101 Å². The minimum atomic E-state index is -0.225. The molecule has 2 N–H and O–H groups in total. The van der Waals surface area contributed by atoms with Crippen molar-refractivity contribution in [3.63, 3.8) is 0 Å². The van der Waals surface area contributed by atoms with Crippen LogP contribution in [0.1, 0.15) is 22.5 Å². The number of hydrogen-bond donors (Lipinski definition) is 2. The van der Waals surface area contributed by atoms with E-state index in [4.69, 9.17) is 5.26 Å². The van der Waals surface area contributed by atoms with E-state index in [1.807, 2.05) is 66.7 Å². The number of aromatic amines is 1. The van der Waals surface area contributed by atoms with Crippen LogP contribution in [0, 0.1) is 11.3 Å². The van der Waals surface area contributed by atoms with E-state index in [-0.39, 0.29) is 5.91 Å². The maximum absolute atomic E-state index is 13.0. The monoisotopic (exact) mass is 378 g/mol. The summed E-state index contributed by atoms with van der Waals surface area (Å²) in [5.41, 5.74) is 4.49. The summed E-state index contributed by atoms with van der Waals surface area (Å²) < 4.78 is 0. The Morgan fingerprint density at radius 1 is 1.00 bits per heavy atom. The minimum Gasteiger partial charge on any atom is -0.348 e. The first-order valence-corrected chi connectivity index (χ1v) is 9.22. The Hall–Kier alpha value is -4.17. The third-order valence-corrected chi connectivity index (χ3v) is 4.54. The Morgan fingerprint density at radius 3 is 2.45 bits per heavy atom. The number of amides is 1. The van der Waals surface area contributed by atoms with Gasteiger partial charge in [-0.15, -0.1) is 0 Å². The Morgan fingerprint density at radius 2 is 1.72 bits per heavy atom. The van der Waals surface area contributed by atoms with Gasteiger partial charge >= 0.3 is 0 Å². The highest BCUT2D eigenvalue weighted by Crippen LogP contribution is 2.20. The summed E-state index contributed by atoms with van der Waals surface area (Å²) in [6, 6.07) is 26.6. The van der Waals surface area contributed by atoms with Gasteiger partial charge in [0.2, 0.25) is 0 Å². The second-order valence-electron chi connectivity index (χ2n) is 6.56. The van der Waals surface area contributed by atoms with Gasteiger partial charge in [0.25, 0.3) is 5.91 Å². The number of fused-ring (bicyclic) bond motifs is 1. The number of nitrogens with zero attached hydrogens (tertiary/aromatic N) is 2. The third-order valence-electron chi connectivity index (χ3n) is 4.54. The molecule has 5 nitrogen and oxygen atoms in total. The average Bonchev–Trinajstić information content (AvgIpc) is 3.21. The molecule has 4 rings (SSSR count). The quantitative estimate of drug-likeness (QED) is 0.508. The largest absolute Gasteiger partial charge is 0.348 e. The van der Waals surface area contributed by atoms with Gasteiger partial charge in [0.05, 0.1) is 28.2 Å². The topological polar surface area (TPSA) is 81.6 Å². The van der Waals surface area contributed by atoms with Gasteiger partial charge in [0, 0.05) is 6.54 Å². The fourth-order valence-electron chi connectivity index (χ4n) is 3.02. The van der Waals surface area contributed by atoms with Gasteiger partial charge in [0.15, 0.2) is 0 Å². The van der Waals surface area contributed by atoms with Crippen molar-refractivity contribution in [2.45, 2.75) is 6.54 Å². The van der Waals surface area contributed by atoms with Crippen LogP contribution in [-0.2, 0) is 11.3 Å². The van der Waals surface area contributed by atoms with Crippen LogP contribution in [0.4, 0.5) is 0 Å². The Kier molecular flexibility index (Phi) is 5.17. The number of imidazole rings is 1. The average molecular weight is 378 g/mol. The zero-order chi connectivity index (χ0) is 20.1. The summed E-state index contributed by atoms with van der Waals surface area (Å²) in [6.07, 6.45) is 1.78. The molecule has 140 valence electrons. The molecule has 0 radical (unpaired) electrons. The molecular weight excluding hydrogens is 360 g/mol. The fourth-order valence-corrected chi connectivity index (χ4v) is 3.02. The van der Waals surface area contributed by atoms with Gasteiger partial charge in [-0.1, -0.05) is 54.6 Å². The molecule has 0 unspecified atom stereocenters. The van der Waals surface area contributed by atoms with Crippen molar-refractivity contribution >= 4 is 28.6 Å². The van der Waals surface area contributed by atoms with Gasteiger partial charge in [-0.05, 0) is 41.5 Å². The van der Waals surface area contributed by atoms with Crippen molar-refractivity contribution in [1.29, 1.82) is 5.26 Å². The summed E-state index contributed by atoms with van der Waals surface area (Å²) in [7, 11) is 0. The van der Waals surface area contributed by atoms with E-state index in [0.29, 0.717) is 23.5 Å². The number of carbonyl (C=O) groups excluding carboxylic acids is 1. The molecule has 0 aliphatic rings. The molecule has 0 saturated carbocycles. The molecule has 1 aromatic heterocycles. The molecule has 0 aliphatic carbocycles. The highest BCUT2D eigenvalue weighted by Gasteiger charge is 2.16. The van der Waals surface area contributed by atoms with E-state index in [1.54, 1.807) is 18.2 Å². The van der Waals surface area contributed by atoms with E-state index in [1.165, 1.54) is 0 Å². The molecule has 1 heterocycles. The molecular formula is C24H18N4O. The second-order valence-corrected chi connectivity index (χ2v) is 6.56. The van der Waals surface area contributed by atoms with Gasteiger partial charge < -0.3 is 10.3 Å². The first-order valence-electron chi connectivity index (χ1n) is 9.22. The molecule has 0 fully saturated rings. The van der Waals surface area contributed by atoms with Crippen LogP contribution in [0.25, 0.3) is 22.7 Å². The third kappa shape index (κ3) is 4.23. The lowest BCUT2D eigenvalue weighted by Gasteiger charge is -2.08. The van der Waals surface area contributed by atoms with Crippen LogP contribution >= 0.6 is 0 Å². The SMILES string of the molecule is N#Cc1ccc(/C=C(/C(=O)NCc2ccccc2)c2nc3ccccc3[nH]2)cc1. The molecule has 3 aromatic carbocycles. The zero-order valence-electron chi connectivity index (χ0n) is 15.6. The maximum Gasteiger partial charge on any atom is 0.255 e. The van der Waals surface area contributed by atoms with E-state index in [2.05, 4.69) is 21.4 Å². The van der Waals surface area contributed by atoms with Crippen molar-refractivity contribution < 1.29 is 4.79 Å². The van der Waals surface area contributed by atoms with Crippen LogP contribution in [0.2, 0.25) is 0 Å². The van der Waals surface area contributed by atoms with Gasteiger partial charge in [-0.2, -0.15) is 5.26 Å². The normalized spacial score (nSPS) is 11.2. The van der Waals surface area contributed by atoms with Gasteiger partial charge in [-0.3, -0.25) is 4.79 Å². The highest BCUT2D eigenvalue weighted by molar-refractivity contribution is 6.23. The number of hydrogen-bond acceptors (Lipinski definition) is 3. The smallest absolute Gasteiger partial charge is 0.255 e. The zero-order valence-corrected chi connectivity index (χ0v) is 15.6. The summed E-state index contributed by atoms with van der Waals surface area (Å²) >= 11 is 0. The van der Waals surface area contributed by atoms with Gasteiger partial charge in [0.1, 0.15) is 5.82 Å². The predicted molar refractivity (Wildman–Crippen MR) is 113 cm³/mol. The standard InChI is InChI=1S/C24H18N4O/c25-15-18-12-10-17(11-13-18)14-20(23-27-21-8-4-5-9-22(21)28-23)24(29)26-16-19-6-2-1-3-7-19/h1-14H,16H2,(H,26,29)(H,27,28)/b20-14+. The lowest BCUT2D eigenvalue weighted by atomic mass is 10.1. The molecule has 0 bridgehead atoms. The molecule has 0 aliphatic heterocycles. The van der Waals surface area contributed by atoms with Crippen molar-refractivity contribution in [3.8, 4) is 6.07 Å². The second kappa shape index (κ2) is 8.24. The van der Waals surface area contributed by atoms with Crippen LogP contribution in [-0.4, -0.2) is 15.9 Å². The first-order chi connectivity index (χ1) is 14.2. The van der Waals surface area contributed by atoms with Crippen molar-refractivity contribution in [2.75, 3.05) is 0 Å². The van der Waals surface area contributed by atoms with E-state index in [9.17, 15) is 4.79 Å². The summed E-state index contributed by atoms with van der Waals surface area (Å²) in [5, 5.41) is 12.0. The maximum atomic E-state index is 13.0. The lowest BCUT2D eigenvalue weighted by Crippen LogP contribution is -2.24. The predicted octanol–water partition coefficient (Wildman–Crippen LogP) is 4.29. The highest BCUT2D eigenvalue weighted by atomic mass is 16.1. The number of H-pyrrole nitrogens is 1. The Balaban J connectivity index is 1.68. The number of carbonyl (C=O) groups is 1. The van der Waals surface area contributed by atoms with Crippen LogP contribution < -0.4 is 5.32 Å². The molecule has 1 amide bonds. The number of benzene rings is 3. The van der Waals surface area contributed by atoms with E-state index in [0.717, 1.165) is 22.2 Å². The fraction of sp³-hybridized carbons (Fsp3) is 0.0417. The molecule has 0 spiro atoms. The first kappa shape index (κ1) is 18.2. The number of nitriles is 1. The van der Waals surface area contributed by atoms with Crippen molar-refractivity contribution in [2.24, 2.45) is 0 Å². The Labute approximate surface area is 168 Å². The number of para-hydroxylation sites is 2. The minimum absolute atomic E-state index is 0.225. The van der Waals surface area contributed by atoms with Crippen LogP contribution in [0.15, 0.2) is 78.9 Å². The summed E-state index contributed by atoms with van der Waals surface area (Å²) in [6.45, 7) is 0.421. The van der Waals surface area contributed by atoms with E-state index >= 15 is 0 Å². The number of rotatable bonds is 5. The molecule has 4 aromatic rings. The number of nitrogens with one attached hydrogen (secondary N) is 2. The van der Waals surface area contributed by atoms with Crippen LogP contribution in [0.3, 0.4) is 0 Å². The van der Waals surface area contributed by atoms with Gasteiger partial charge in [-0.25, -0.2) is 4.98 Å². The molecule has 5 heteroatoms. The Bertz CT molecular complexity index is 1180. The van der Waals surface area contributed by atoms with E-state index < -0.39 is 0 Å². The van der Waals surface area contributed by atoms with Crippen molar-refractivity contribution in [1.82, 2.24) is 15.3 Å².